The fourth-order valence-electron chi connectivity index (χ4n) is 2.17. The molecule has 0 saturated carbocycles. The second-order valence-corrected chi connectivity index (χ2v) is 5.70. The molecular weight excluding hydrogens is 282 g/mol. The van der Waals surface area contributed by atoms with Gasteiger partial charge in [0, 0.05) is 4.88 Å². The van der Waals surface area contributed by atoms with Crippen molar-refractivity contribution in [3.63, 3.8) is 0 Å². The molecule has 0 unspecified atom stereocenters. The summed E-state index contributed by atoms with van der Waals surface area (Å²) in [5.41, 5.74) is 9.30. The molecule has 0 aliphatic heterocycles. The number of benzene rings is 2. The van der Waals surface area contributed by atoms with Gasteiger partial charge in [-0.1, -0.05) is 54.6 Å². The summed E-state index contributed by atoms with van der Waals surface area (Å²) in [5.74, 6) is -0.982. The number of nitrogens with two attached hydrogens (primary N) is 1. The summed E-state index contributed by atoms with van der Waals surface area (Å²) in [6, 6.07) is 19.8. The maximum absolute atomic E-state index is 11.0. The fourth-order valence-corrected chi connectivity index (χ4v) is 3.10. The second-order valence-electron chi connectivity index (χ2n) is 4.64. The van der Waals surface area contributed by atoms with Crippen LogP contribution >= 0.6 is 11.3 Å². The Morgan fingerprint density at radius 3 is 2.05 bits per heavy atom. The third-order valence-corrected chi connectivity index (χ3v) is 4.42. The van der Waals surface area contributed by atoms with E-state index < -0.39 is 5.97 Å². The van der Waals surface area contributed by atoms with Gasteiger partial charge in [-0.3, -0.25) is 0 Å². The van der Waals surface area contributed by atoms with Crippen molar-refractivity contribution in [2.75, 3.05) is 5.73 Å². The van der Waals surface area contributed by atoms with Crippen molar-refractivity contribution in [3.05, 3.63) is 65.5 Å². The number of anilines is 1. The maximum Gasteiger partial charge on any atom is 0.348 e. The molecule has 0 spiro atoms. The smallest absolute Gasteiger partial charge is 0.348 e. The first-order valence-electron chi connectivity index (χ1n) is 6.43. The third-order valence-electron chi connectivity index (χ3n) is 3.23. The van der Waals surface area contributed by atoms with Crippen molar-refractivity contribution in [2.45, 2.75) is 0 Å². The summed E-state index contributed by atoms with van der Waals surface area (Å²) in [6.07, 6.45) is 0. The van der Waals surface area contributed by atoms with Crippen molar-refractivity contribution in [1.82, 2.24) is 0 Å². The molecule has 0 bridgehead atoms. The van der Waals surface area contributed by atoms with Gasteiger partial charge in [0.25, 0.3) is 0 Å². The summed E-state index contributed by atoms with van der Waals surface area (Å²) in [4.78, 5) is 12.1. The molecule has 0 fully saturated rings. The van der Waals surface area contributed by atoms with Crippen molar-refractivity contribution in [2.24, 2.45) is 0 Å². The van der Waals surface area contributed by atoms with Crippen LogP contribution in [0.5, 0.6) is 0 Å². The van der Waals surface area contributed by atoms with Gasteiger partial charge < -0.3 is 10.8 Å². The van der Waals surface area contributed by atoms with E-state index in [1.807, 2.05) is 42.5 Å². The van der Waals surface area contributed by atoms with Crippen molar-refractivity contribution in [3.8, 4) is 21.6 Å². The Kier molecular flexibility index (Phi) is 3.46. The summed E-state index contributed by atoms with van der Waals surface area (Å²) in [5, 5.41) is 9.05. The van der Waals surface area contributed by atoms with Gasteiger partial charge in [-0.25, -0.2) is 4.79 Å². The number of rotatable bonds is 3. The average molecular weight is 295 g/mol. The molecule has 3 N–H and O–H groups in total. The van der Waals surface area contributed by atoms with E-state index in [0.717, 1.165) is 21.6 Å². The van der Waals surface area contributed by atoms with Crippen LogP contribution in [-0.2, 0) is 0 Å². The summed E-state index contributed by atoms with van der Waals surface area (Å²) in [6.45, 7) is 0. The van der Waals surface area contributed by atoms with E-state index in [9.17, 15) is 4.79 Å². The van der Waals surface area contributed by atoms with Gasteiger partial charge >= 0.3 is 5.97 Å². The van der Waals surface area contributed by atoms with E-state index in [0.29, 0.717) is 5.69 Å². The molecule has 3 nitrogen and oxygen atoms in total. The van der Waals surface area contributed by atoms with Crippen LogP contribution in [0.3, 0.4) is 0 Å². The minimum absolute atomic E-state index is 0.192. The van der Waals surface area contributed by atoms with E-state index in [1.165, 1.54) is 11.3 Å². The Bertz CT molecular complexity index is 776. The molecule has 3 rings (SSSR count). The summed E-state index contributed by atoms with van der Waals surface area (Å²) >= 11 is 1.20. The van der Waals surface area contributed by atoms with Gasteiger partial charge in [-0.15, -0.1) is 11.3 Å². The molecule has 1 heterocycles. The van der Waals surface area contributed by atoms with Gasteiger partial charge in [0.1, 0.15) is 4.88 Å². The second kappa shape index (κ2) is 5.42. The van der Waals surface area contributed by atoms with Crippen LogP contribution in [0.2, 0.25) is 0 Å². The molecule has 3 aromatic rings. The number of thiophene rings is 1. The zero-order valence-electron chi connectivity index (χ0n) is 11.1. The zero-order valence-corrected chi connectivity index (χ0v) is 11.9. The van der Waals surface area contributed by atoms with E-state index in [1.54, 1.807) is 6.07 Å². The Morgan fingerprint density at radius 1 is 0.905 bits per heavy atom. The molecule has 0 radical (unpaired) electrons. The van der Waals surface area contributed by atoms with Gasteiger partial charge in [-0.2, -0.15) is 0 Å². The number of nitrogen functional groups attached to an aromatic ring is 1. The normalized spacial score (nSPS) is 10.5. The van der Waals surface area contributed by atoms with Crippen LogP contribution in [0.4, 0.5) is 5.69 Å². The molecule has 4 heteroatoms. The summed E-state index contributed by atoms with van der Waals surface area (Å²) in [7, 11) is 0. The van der Waals surface area contributed by atoms with E-state index >= 15 is 0 Å². The zero-order chi connectivity index (χ0) is 14.8. The topological polar surface area (TPSA) is 63.3 Å². The minimum atomic E-state index is -0.982. The molecule has 0 amide bonds. The standard InChI is InChI=1S/C17H13NO2S/c18-14-10-15(21-16(14)17(19)20)13-8-6-12(7-9-13)11-4-2-1-3-5-11/h1-10H,18H2,(H,19,20). The molecule has 0 saturated heterocycles. The Labute approximate surface area is 126 Å². The molecule has 0 aliphatic carbocycles. The van der Waals surface area contributed by atoms with E-state index in [-0.39, 0.29) is 4.88 Å². The number of carboxylic acids is 1. The molecule has 2 aromatic carbocycles. The third kappa shape index (κ3) is 2.66. The molecule has 0 aliphatic rings. The highest BCUT2D eigenvalue weighted by atomic mass is 32.1. The lowest BCUT2D eigenvalue weighted by Gasteiger charge is -2.03. The number of hydrogen-bond acceptors (Lipinski definition) is 3. The maximum atomic E-state index is 11.0. The molecular formula is C17H13NO2S. The Morgan fingerprint density at radius 2 is 1.48 bits per heavy atom. The van der Waals surface area contributed by atoms with Gasteiger partial charge in [0.05, 0.1) is 5.69 Å². The van der Waals surface area contributed by atoms with Crippen LogP contribution in [0.15, 0.2) is 60.7 Å². The lowest BCUT2D eigenvalue weighted by atomic mass is 10.0. The SMILES string of the molecule is Nc1cc(-c2ccc(-c3ccccc3)cc2)sc1C(=O)O. The van der Waals surface area contributed by atoms with Gasteiger partial charge in [0.2, 0.25) is 0 Å². The van der Waals surface area contributed by atoms with Crippen LogP contribution in [0.1, 0.15) is 9.67 Å². The van der Waals surface area contributed by atoms with Crippen molar-refractivity contribution < 1.29 is 9.90 Å². The van der Waals surface area contributed by atoms with Crippen LogP contribution < -0.4 is 5.73 Å². The van der Waals surface area contributed by atoms with Crippen LogP contribution in [-0.4, -0.2) is 11.1 Å². The highest BCUT2D eigenvalue weighted by molar-refractivity contribution is 7.17. The monoisotopic (exact) mass is 295 g/mol. The first-order valence-corrected chi connectivity index (χ1v) is 7.25. The number of hydrogen-bond donors (Lipinski definition) is 2. The first-order chi connectivity index (χ1) is 10.1. The van der Waals surface area contributed by atoms with E-state index in [4.69, 9.17) is 10.8 Å². The van der Waals surface area contributed by atoms with Crippen LogP contribution in [0, 0.1) is 0 Å². The fraction of sp³-hybridized carbons (Fsp3) is 0. The minimum Gasteiger partial charge on any atom is -0.477 e. The molecule has 21 heavy (non-hydrogen) atoms. The van der Waals surface area contributed by atoms with E-state index in [2.05, 4.69) is 12.1 Å². The van der Waals surface area contributed by atoms with Gasteiger partial charge in [0.15, 0.2) is 0 Å². The quantitative estimate of drug-likeness (QED) is 0.754. The lowest BCUT2D eigenvalue weighted by molar-refractivity contribution is 0.0703. The Balaban J connectivity index is 1.94. The summed E-state index contributed by atoms with van der Waals surface area (Å²) < 4.78 is 0. The Hall–Kier alpha value is -2.59. The first kappa shape index (κ1) is 13.4. The predicted molar refractivity (Wildman–Crippen MR) is 86.6 cm³/mol. The van der Waals surface area contributed by atoms with Crippen LogP contribution in [0.25, 0.3) is 21.6 Å². The van der Waals surface area contributed by atoms with Crippen molar-refractivity contribution in [1.29, 1.82) is 0 Å². The molecule has 1 aromatic heterocycles. The number of carbonyl (C=O) groups is 1. The average Bonchev–Trinajstić information content (AvgIpc) is 2.90. The highest BCUT2D eigenvalue weighted by Gasteiger charge is 2.13. The van der Waals surface area contributed by atoms with Gasteiger partial charge in [-0.05, 0) is 22.8 Å². The largest absolute Gasteiger partial charge is 0.477 e. The molecule has 0 atom stereocenters. The highest BCUT2D eigenvalue weighted by Crippen LogP contribution is 2.34. The number of carboxylic acid groups (broad SMARTS) is 1. The van der Waals surface area contributed by atoms with Crippen molar-refractivity contribution >= 4 is 23.0 Å². The predicted octanol–water partition coefficient (Wildman–Crippen LogP) is 4.36. The molecule has 104 valence electrons. The lowest BCUT2D eigenvalue weighted by Crippen LogP contribution is -1.96. The number of aromatic carboxylic acids is 1.